The number of aliphatic hydroxyl groups is 1. The maximum absolute atomic E-state index is 12.9. The van der Waals surface area contributed by atoms with Crippen molar-refractivity contribution in [3.63, 3.8) is 0 Å². The van der Waals surface area contributed by atoms with E-state index in [1.165, 1.54) is 44.9 Å². The van der Waals surface area contributed by atoms with Crippen LogP contribution in [0.1, 0.15) is 64.2 Å². The lowest BCUT2D eigenvalue weighted by Crippen LogP contribution is -2.05. The molecule has 1 aromatic heterocycles. The molecular formula is C25H32O3S. The molecule has 0 saturated carbocycles. The van der Waals surface area contributed by atoms with Gasteiger partial charge in [-0.1, -0.05) is 69.6 Å². The molecule has 1 N–H and O–H groups in total. The number of hydrogen-bond acceptors (Lipinski definition) is 4. The summed E-state index contributed by atoms with van der Waals surface area (Å²) >= 11 is 1.65. The summed E-state index contributed by atoms with van der Waals surface area (Å²) in [6, 6.07) is 13.7. The lowest BCUT2D eigenvalue weighted by Gasteiger charge is -2.09. The van der Waals surface area contributed by atoms with Crippen LogP contribution in [0.2, 0.25) is 0 Å². The Labute approximate surface area is 177 Å². The van der Waals surface area contributed by atoms with Crippen LogP contribution in [0, 0.1) is 0 Å². The first-order chi connectivity index (χ1) is 14.3. The lowest BCUT2D eigenvalue weighted by atomic mass is 10.1. The van der Waals surface area contributed by atoms with E-state index in [0.717, 1.165) is 45.2 Å². The molecule has 0 aliphatic carbocycles. The molecule has 2 aromatic carbocycles. The standard InChI is InChI=1S/C25H32O3S/c26-18-11-7-5-3-1-2-4-6-8-12-19-28-21-15-13-17-23-24(21)25(27)20-14-9-10-16-22(20)29-23/h9-10,13-17,26H,1-8,11-12,18-19H2. The molecule has 0 unspecified atom stereocenters. The van der Waals surface area contributed by atoms with Crippen LogP contribution in [0.4, 0.5) is 0 Å². The van der Waals surface area contributed by atoms with E-state index in [1.807, 2.05) is 42.5 Å². The van der Waals surface area contributed by atoms with E-state index >= 15 is 0 Å². The fourth-order valence-corrected chi connectivity index (χ4v) is 4.84. The van der Waals surface area contributed by atoms with Crippen molar-refractivity contribution in [3.8, 4) is 5.75 Å². The van der Waals surface area contributed by atoms with Crippen molar-refractivity contribution in [1.82, 2.24) is 0 Å². The number of rotatable bonds is 13. The quantitative estimate of drug-likeness (QED) is 0.251. The van der Waals surface area contributed by atoms with Gasteiger partial charge in [-0.2, -0.15) is 0 Å². The van der Waals surface area contributed by atoms with Crippen LogP contribution in [0.3, 0.4) is 0 Å². The van der Waals surface area contributed by atoms with Crippen molar-refractivity contribution in [2.75, 3.05) is 13.2 Å². The average molecular weight is 413 g/mol. The molecule has 1 heterocycles. The minimum absolute atomic E-state index is 0.0731. The van der Waals surface area contributed by atoms with E-state index in [2.05, 4.69) is 0 Å². The molecule has 0 radical (unpaired) electrons. The molecule has 0 spiro atoms. The van der Waals surface area contributed by atoms with Crippen molar-refractivity contribution in [3.05, 3.63) is 52.7 Å². The zero-order valence-corrected chi connectivity index (χ0v) is 18.0. The third-order valence-corrected chi connectivity index (χ3v) is 6.51. The minimum Gasteiger partial charge on any atom is -0.493 e. The molecule has 3 nitrogen and oxygen atoms in total. The highest BCUT2D eigenvalue weighted by molar-refractivity contribution is 7.24. The molecule has 0 bridgehead atoms. The summed E-state index contributed by atoms with van der Waals surface area (Å²) in [7, 11) is 0. The fourth-order valence-electron chi connectivity index (χ4n) is 3.75. The monoisotopic (exact) mass is 412 g/mol. The molecule has 4 heteroatoms. The van der Waals surface area contributed by atoms with Gasteiger partial charge in [-0.25, -0.2) is 0 Å². The van der Waals surface area contributed by atoms with Gasteiger partial charge in [0, 0.05) is 21.4 Å². The van der Waals surface area contributed by atoms with Gasteiger partial charge < -0.3 is 9.84 Å². The van der Waals surface area contributed by atoms with Gasteiger partial charge in [0.2, 0.25) is 0 Å². The van der Waals surface area contributed by atoms with Crippen LogP contribution in [0.5, 0.6) is 5.75 Å². The number of unbranched alkanes of at least 4 members (excludes halogenated alkanes) is 9. The van der Waals surface area contributed by atoms with Crippen LogP contribution >= 0.6 is 11.3 Å². The third-order valence-electron chi connectivity index (χ3n) is 5.38. The van der Waals surface area contributed by atoms with Crippen molar-refractivity contribution >= 4 is 31.5 Å². The van der Waals surface area contributed by atoms with E-state index in [1.54, 1.807) is 11.3 Å². The first-order valence-electron chi connectivity index (χ1n) is 11.0. The van der Waals surface area contributed by atoms with Crippen molar-refractivity contribution < 1.29 is 9.84 Å². The molecular weight excluding hydrogens is 380 g/mol. The van der Waals surface area contributed by atoms with E-state index in [4.69, 9.17) is 9.84 Å². The highest BCUT2D eigenvalue weighted by Crippen LogP contribution is 2.30. The number of ether oxygens (including phenoxy) is 1. The van der Waals surface area contributed by atoms with Crippen LogP contribution in [-0.4, -0.2) is 18.3 Å². The Morgan fingerprint density at radius 3 is 2.07 bits per heavy atom. The van der Waals surface area contributed by atoms with Gasteiger partial charge in [-0.15, -0.1) is 11.3 Å². The molecule has 29 heavy (non-hydrogen) atoms. The van der Waals surface area contributed by atoms with Crippen LogP contribution < -0.4 is 10.2 Å². The fraction of sp³-hybridized carbons (Fsp3) is 0.480. The van der Waals surface area contributed by atoms with Gasteiger partial charge in [0.25, 0.3) is 0 Å². The van der Waals surface area contributed by atoms with E-state index < -0.39 is 0 Å². The van der Waals surface area contributed by atoms with Crippen molar-refractivity contribution in [2.24, 2.45) is 0 Å². The minimum atomic E-state index is 0.0731. The lowest BCUT2D eigenvalue weighted by molar-refractivity contribution is 0.282. The first kappa shape index (κ1) is 21.8. The Morgan fingerprint density at radius 1 is 0.724 bits per heavy atom. The van der Waals surface area contributed by atoms with E-state index in [-0.39, 0.29) is 5.43 Å². The van der Waals surface area contributed by atoms with Crippen molar-refractivity contribution in [1.29, 1.82) is 0 Å². The summed E-state index contributed by atoms with van der Waals surface area (Å²) in [6.45, 7) is 0.991. The summed E-state index contributed by atoms with van der Waals surface area (Å²) in [5.41, 5.74) is 0.0731. The molecule has 3 aromatic rings. The summed E-state index contributed by atoms with van der Waals surface area (Å²) in [6.07, 6.45) is 12.0. The highest BCUT2D eigenvalue weighted by atomic mass is 32.1. The van der Waals surface area contributed by atoms with Gasteiger partial charge in [0.15, 0.2) is 5.43 Å². The summed E-state index contributed by atoms with van der Waals surface area (Å²) in [5, 5.41) is 10.3. The number of fused-ring (bicyclic) bond motifs is 2. The predicted molar refractivity (Wildman–Crippen MR) is 124 cm³/mol. The number of hydrogen-bond donors (Lipinski definition) is 1. The topological polar surface area (TPSA) is 46.5 Å². The second kappa shape index (κ2) is 11.9. The molecule has 3 rings (SSSR count). The molecule has 0 fully saturated rings. The van der Waals surface area contributed by atoms with Crippen LogP contribution in [-0.2, 0) is 0 Å². The molecule has 0 amide bonds. The smallest absolute Gasteiger partial charge is 0.199 e. The normalized spacial score (nSPS) is 11.3. The second-order valence-corrected chi connectivity index (χ2v) is 8.75. The van der Waals surface area contributed by atoms with Gasteiger partial charge in [0.1, 0.15) is 5.75 Å². The largest absolute Gasteiger partial charge is 0.493 e. The molecule has 0 atom stereocenters. The van der Waals surface area contributed by atoms with Crippen LogP contribution in [0.25, 0.3) is 20.2 Å². The first-order valence-corrected chi connectivity index (χ1v) is 11.8. The second-order valence-electron chi connectivity index (χ2n) is 7.66. The van der Waals surface area contributed by atoms with Gasteiger partial charge in [-0.05, 0) is 37.1 Å². The zero-order chi connectivity index (χ0) is 20.3. The molecule has 0 saturated heterocycles. The Kier molecular flexibility index (Phi) is 8.97. The molecule has 156 valence electrons. The SMILES string of the molecule is O=c1c2ccccc2sc2cccc(OCCCCCCCCCCCCO)c12. The van der Waals surface area contributed by atoms with E-state index in [0.29, 0.717) is 13.2 Å². The molecule has 0 aliphatic rings. The predicted octanol–water partition coefficient (Wildman–Crippen LogP) is 6.69. The third kappa shape index (κ3) is 6.28. The zero-order valence-electron chi connectivity index (χ0n) is 17.2. The summed E-state index contributed by atoms with van der Waals surface area (Å²) < 4.78 is 8.03. The van der Waals surface area contributed by atoms with Gasteiger partial charge >= 0.3 is 0 Å². The van der Waals surface area contributed by atoms with Crippen LogP contribution in [0.15, 0.2) is 47.3 Å². The highest BCUT2D eigenvalue weighted by Gasteiger charge is 2.10. The number of benzene rings is 2. The Bertz CT molecular complexity index is 948. The van der Waals surface area contributed by atoms with E-state index in [9.17, 15) is 4.79 Å². The Hall–Kier alpha value is -1.91. The molecule has 0 aliphatic heterocycles. The average Bonchev–Trinajstić information content (AvgIpc) is 2.74. The van der Waals surface area contributed by atoms with Crippen molar-refractivity contribution in [2.45, 2.75) is 64.2 Å². The summed E-state index contributed by atoms with van der Waals surface area (Å²) in [4.78, 5) is 12.9. The van der Waals surface area contributed by atoms with Gasteiger partial charge in [0.05, 0.1) is 12.0 Å². The Balaban J connectivity index is 1.42. The number of aliphatic hydroxyl groups excluding tert-OH is 1. The maximum atomic E-state index is 12.9. The summed E-state index contributed by atoms with van der Waals surface area (Å²) in [5.74, 6) is 0.720. The Morgan fingerprint density at radius 2 is 1.34 bits per heavy atom. The van der Waals surface area contributed by atoms with Gasteiger partial charge in [-0.3, -0.25) is 4.79 Å². The maximum Gasteiger partial charge on any atom is 0.199 e.